The van der Waals surface area contributed by atoms with Crippen LogP contribution < -0.4 is 0 Å². The van der Waals surface area contributed by atoms with Gasteiger partial charge in [-0.25, -0.2) is 0 Å². The van der Waals surface area contributed by atoms with Gasteiger partial charge in [-0.3, -0.25) is 4.90 Å². The molecule has 0 heterocycles. The highest BCUT2D eigenvalue weighted by Gasteiger charge is 2.41. The summed E-state index contributed by atoms with van der Waals surface area (Å²) in [6.07, 6.45) is -3.64. The lowest BCUT2D eigenvalue weighted by Crippen LogP contribution is -2.40. The smallest absolute Gasteiger partial charge is 0.299 e. The third kappa shape index (κ3) is 4.52. The van der Waals surface area contributed by atoms with E-state index in [2.05, 4.69) is 0 Å². The molecule has 0 aliphatic heterocycles. The number of rotatable bonds is 5. The fraction of sp³-hybridized carbons (Fsp3) is 0.900. The largest absolute Gasteiger partial charge is 0.405 e. The van der Waals surface area contributed by atoms with Crippen LogP contribution in [-0.4, -0.2) is 30.2 Å². The Hall–Kier alpha value is -0.760. The van der Waals surface area contributed by atoms with E-state index in [1.807, 2.05) is 13.8 Å². The van der Waals surface area contributed by atoms with E-state index in [1.54, 1.807) is 11.8 Å². The molecule has 0 fully saturated rings. The van der Waals surface area contributed by atoms with E-state index < -0.39 is 12.1 Å². The SMILES string of the molecule is CCC(C)N(CC)CC(C#N)C(F)(F)F. The summed E-state index contributed by atoms with van der Waals surface area (Å²) in [5, 5.41) is 8.46. The van der Waals surface area contributed by atoms with Crippen molar-refractivity contribution in [3.8, 4) is 6.07 Å². The lowest BCUT2D eigenvalue weighted by molar-refractivity contribution is -0.164. The molecule has 5 heteroatoms. The van der Waals surface area contributed by atoms with Gasteiger partial charge in [0.15, 0.2) is 5.92 Å². The molecule has 2 unspecified atom stereocenters. The van der Waals surface area contributed by atoms with E-state index in [0.29, 0.717) is 6.54 Å². The van der Waals surface area contributed by atoms with Crippen molar-refractivity contribution >= 4 is 0 Å². The minimum atomic E-state index is -4.42. The molecule has 0 aromatic carbocycles. The third-order valence-electron chi connectivity index (χ3n) is 2.59. The maximum atomic E-state index is 12.3. The monoisotopic (exact) mass is 222 g/mol. The highest BCUT2D eigenvalue weighted by atomic mass is 19.4. The van der Waals surface area contributed by atoms with Crippen LogP contribution in [-0.2, 0) is 0 Å². The summed E-state index contributed by atoms with van der Waals surface area (Å²) in [5.74, 6) is -1.88. The second kappa shape index (κ2) is 5.96. The van der Waals surface area contributed by atoms with Crippen LogP contribution in [0.25, 0.3) is 0 Å². The number of hydrogen-bond donors (Lipinski definition) is 0. The van der Waals surface area contributed by atoms with E-state index in [0.717, 1.165) is 6.42 Å². The van der Waals surface area contributed by atoms with Crippen LogP contribution in [0.15, 0.2) is 0 Å². The summed E-state index contributed by atoms with van der Waals surface area (Å²) >= 11 is 0. The van der Waals surface area contributed by atoms with Crippen molar-refractivity contribution in [3.05, 3.63) is 0 Å². The Morgan fingerprint density at radius 2 is 1.87 bits per heavy atom. The Labute approximate surface area is 88.7 Å². The average Bonchev–Trinajstić information content (AvgIpc) is 2.16. The van der Waals surface area contributed by atoms with Gasteiger partial charge in [-0.2, -0.15) is 18.4 Å². The molecular formula is C10H17F3N2. The van der Waals surface area contributed by atoms with Gasteiger partial charge in [0.25, 0.3) is 0 Å². The quantitative estimate of drug-likeness (QED) is 0.715. The van der Waals surface area contributed by atoms with Gasteiger partial charge in [-0.05, 0) is 19.9 Å². The fourth-order valence-corrected chi connectivity index (χ4v) is 1.33. The molecule has 0 aliphatic rings. The zero-order valence-electron chi connectivity index (χ0n) is 9.30. The molecule has 0 saturated carbocycles. The molecule has 0 aromatic heterocycles. The Kier molecular flexibility index (Phi) is 5.66. The normalized spacial score (nSPS) is 16.1. The van der Waals surface area contributed by atoms with Gasteiger partial charge in [0.1, 0.15) is 0 Å². The van der Waals surface area contributed by atoms with Crippen LogP contribution >= 0.6 is 0 Å². The van der Waals surface area contributed by atoms with Crippen LogP contribution in [0, 0.1) is 17.2 Å². The summed E-state index contributed by atoms with van der Waals surface area (Å²) in [6, 6.07) is 1.40. The van der Waals surface area contributed by atoms with Crippen LogP contribution in [0.5, 0.6) is 0 Å². The van der Waals surface area contributed by atoms with Crippen LogP contribution in [0.2, 0.25) is 0 Å². The van der Waals surface area contributed by atoms with Gasteiger partial charge >= 0.3 is 6.18 Å². The second-order valence-electron chi connectivity index (χ2n) is 3.57. The lowest BCUT2D eigenvalue weighted by Gasteiger charge is -2.29. The summed E-state index contributed by atoms with van der Waals surface area (Å²) in [5.41, 5.74) is 0. The number of hydrogen-bond acceptors (Lipinski definition) is 2. The summed E-state index contributed by atoms with van der Waals surface area (Å²) in [6.45, 7) is 5.89. The third-order valence-corrected chi connectivity index (χ3v) is 2.59. The minimum absolute atomic E-state index is 0.0770. The predicted octanol–water partition coefficient (Wildman–Crippen LogP) is 2.81. The molecule has 15 heavy (non-hydrogen) atoms. The topological polar surface area (TPSA) is 27.0 Å². The first-order valence-corrected chi connectivity index (χ1v) is 5.07. The van der Waals surface area contributed by atoms with Crippen molar-refractivity contribution in [3.63, 3.8) is 0 Å². The molecule has 0 aromatic rings. The molecule has 2 nitrogen and oxygen atoms in total. The van der Waals surface area contributed by atoms with Crippen molar-refractivity contribution in [2.75, 3.05) is 13.1 Å². The van der Waals surface area contributed by atoms with Gasteiger partial charge < -0.3 is 0 Å². The molecular weight excluding hydrogens is 205 g/mol. The number of nitriles is 1. The standard InChI is InChI=1S/C10H17F3N2/c1-4-8(3)15(5-2)7-9(6-14)10(11,12)13/h8-9H,4-5,7H2,1-3H3. The van der Waals surface area contributed by atoms with Gasteiger partial charge in [-0.15, -0.1) is 0 Å². The van der Waals surface area contributed by atoms with Crippen LogP contribution in [0.4, 0.5) is 13.2 Å². The summed E-state index contributed by atoms with van der Waals surface area (Å²) in [4.78, 5) is 1.68. The highest BCUT2D eigenvalue weighted by Crippen LogP contribution is 2.27. The molecule has 2 atom stereocenters. The van der Waals surface area contributed by atoms with Crippen molar-refractivity contribution < 1.29 is 13.2 Å². The molecule has 0 aliphatic carbocycles. The first kappa shape index (κ1) is 14.2. The Morgan fingerprint density at radius 3 is 2.13 bits per heavy atom. The van der Waals surface area contributed by atoms with Gasteiger partial charge in [0.05, 0.1) is 6.07 Å². The fourth-order valence-electron chi connectivity index (χ4n) is 1.33. The molecule has 0 bridgehead atoms. The van der Waals surface area contributed by atoms with Crippen LogP contribution in [0.1, 0.15) is 27.2 Å². The molecule has 0 saturated heterocycles. The maximum absolute atomic E-state index is 12.3. The molecule has 0 radical (unpaired) electrons. The first-order valence-electron chi connectivity index (χ1n) is 5.07. The van der Waals surface area contributed by atoms with Crippen molar-refractivity contribution in [2.45, 2.75) is 39.4 Å². The summed E-state index contributed by atoms with van der Waals surface area (Å²) in [7, 11) is 0. The predicted molar refractivity (Wildman–Crippen MR) is 52.2 cm³/mol. The zero-order valence-corrected chi connectivity index (χ0v) is 9.30. The van der Waals surface area contributed by atoms with Gasteiger partial charge in [0, 0.05) is 12.6 Å². The van der Waals surface area contributed by atoms with E-state index in [4.69, 9.17) is 5.26 Å². The maximum Gasteiger partial charge on any atom is 0.405 e. The Bertz CT molecular complexity index is 220. The minimum Gasteiger partial charge on any atom is -0.299 e. The van der Waals surface area contributed by atoms with Gasteiger partial charge in [0.2, 0.25) is 0 Å². The van der Waals surface area contributed by atoms with Crippen molar-refractivity contribution in [1.82, 2.24) is 4.90 Å². The van der Waals surface area contributed by atoms with Crippen LogP contribution in [0.3, 0.4) is 0 Å². The van der Waals surface area contributed by atoms with Crippen molar-refractivity contribution in [2.24, 2.45) is 5.92 Å². The Morgan fingerprint density at radius 1 is 1.33 bits per heavy atom. The van der Waals surface area contributed by atoms with E-state index in [-0.39, 0.29) is 12.6 Å². The van der Waals surface area contributed by atoms with Crippen molar-refractivity contribution in [1.29, 1.82) is 5.26 Å². The lowest BCUT2D eigenvalue weighted by atomic mass is 10.1. The molecule has 0 spiro atoms. The number of alkyl halides is 3. The van der Waals surface area contributed by atoms with E-state index in [1.165, 1.54) is 6.07 Å². The molecule has 0 N–H and O–H groups in total. The zero-order chi connectivity index (χ0) is 12.1. The number of nitrogens with zero attached hydrogens (tertiary/aromatic N) is 2. The molecule has 88 valence electrons. The molecule has 0 amide bonds. The second-order valence-corrected chi connectivity index (χ2v) is 3.57. The summed E-state index contributed by atoms with van der Waals surface area (Å²) < 4.78 is 37.0. The first-order chi connectivity index (χ1) is 6.86. The van der Waals surface area contributed by atoms with Gasteiger partial charge in [-0.1, -0.05) is 13.8 Å². The van der Waals surface area contributed by atoms with E-state index >= 15 is 0 Å². The molecule has 0 rings (SSSR count). The Balaban J connectivity index is 4.46. The number of halogens is 3. The van der Waals surface area contributed by atoms with E-state index in [9.17, 15) is 13.2 Å². The highest BCUT2D eigenvalue weighted by molar-refractivity contribution is 4.91. The average molecular weight is 222 g/mol.